The summed E-state index contributed by atoms with van der Waals surface area (Å²) in [6.07, 6.45) is 0. The first-order valence-corrected chi connectivity index (χ1v) is 5.60. The van der Waals surface area contributed by atoms with E-state index in [1.807, 2.05) is 13.0 Å². The van der Waals surface area contributed by atoms with Crippen molar-refractivity contribution in [1.29, 1.82) is 0 Å². The van der Waals surface area contributed by atoms with E-state index in [-0.39, 0.29) is 5.82 Å². The Labute approximate surface area is 105 Å². The monoisotopic (exact) mass is 250 g/mol. The Hall–Kier alpha value is -1.54. The molecule has 2 rings (SSSR count). The van der Waals surface area contributed by atoms with Gasteiger partial charge in [-0.25, -0.2) is 4.39 Å². The van der Waals surface area contributed by atoms with E-state index in [1.54, 1.807) is 31.4 Å². The van der Waals surface area contributed by atoms with Crippen molar-refractivity contribution in [3.63, 3.8) is 0 Å². The van der Waals surface area contributed by atoms with Gasteiger partial charge in [0, 0.05) is 16.1 Å². The summed E-state index contributed by atoms with van der Waals surface area (Å²) in [5.41, 5.74) is 2.14. The fourth-order valence-corrected chi connectivity index (χ4v) is 2.01. The lowest BCUT2D eigenvalue weighted by Gasteiger charge is -2.12. The van der Waals surface area contributed by atoms with Crippen LogP contribution in [0.25, 0.3) is 11.1 Å². The summed E-state index contributed by atoms with van der Waals surface area (Å²) in [4.78, 5) is 0. The molecule has 0 heterocycles. The third-order valence-corrected chi connectivity index (χ3v) is 2.89. The van der Waals surface area contributed by atoms with Crippen LogP contribution in [-0.2, 0) is 0 Å². The van der Waals surface area contributed by atoms with Gasteiger partial charge in [0.25, 0.3) is 0 Å². The van der Waals surface area contributed by atoms with E-state index in [9.17, 15) is 4.39 Å². The van der Waals surface area contributed by atoms with Crippen molar-refractivity contribution in [1.82, 2.24) is 0 Å². The topological polar surface area (TPSA) is 9.23 Å². The Morgan fingerprint density at radius 2 is 1.94 bits per heavy atom. The minimum atomic E-state index is -0.259. The Bertz CT molecular complexity index is 532. The normalized spacial score (nSPS) is 10.4. The molecule has 0 unspecified atom stereocenters. The van der Waals surface area contributed by atoms with Crippen LogP contribution in [0.4, 0.5) is 4.39 Å². The highest BCUT2D eigenvalue weighted by atomic mass is 35.5. The van der Waals surface area contributed by atoms with Gasteiger partial charge in [-0.1, -0.05) is 23.7 Å². The van der Waals surface area contributed by atoms with Gasteiger partial charge in [0.1, 0.15) is 11.6 Å². The van der Waals surface area contributed by atoms with Crippen LogP contribution >= 0.6 is 11.6 Å². The maximum atomic E-state index is 13.9. The number of methoxy groups -OCH3 is 1. The van der Waals surface area contributed by atoms with Crippen LogP contribution in [-0.4, -0.2) is 7.11 Å². The summed E-state index contributed by atoms with van der Waals surface area (Å²) in [7, 11) is 1.55. The standard InChI is InChI=1S/C14H12ClFO/c1-9-4-3-5-12(16)14(9)11-7-6-10(15)8-13(11)17-2/h3-8H,1-2H3. The third kappa shape index (κ3) is 2.27. The van der Waals surface area contributed by atoms with Crippen LogP contribution in [0.1, 0.15) is 5.56 Å². The van der Waals surface area contributed by atoms with Gasteiger partial charge in [-0.05, 0) is 36.8 Å². The molecule has 0 atom stereocenters. The summed E-state index contributed by atoms with van der Waals surface area (Å²) < 4.78 is 19.1. The van der Waals surface area contributed by atoms with Gasteiger partial charge in [-0.15, -0.1) is 0 Å². The fourth-order valence-electron chi connectivity index (χ4n) is 1.84. The van der Waals surface area contributed by atoms with E-state index in [2.05, 4.69) is 0 Å². The second kappa shape index (κ2) is 4.76. The predicted molar refractivity (Wildman–Crippen MR) is 68.1 cm³/mol. The first-order valence-electron chi connectivity index (χ1n) is 5.22. The number of benzene rings is 2. The molecule has 88 valence electrons. The molecule has 0 fully saturated rings. The van der Waals surface area contributed by atoms with Crippen molar-refractivity contribution >= 4 is 11.6 Å². The molecule has 0 aliphatic rings. The lowest BCUT2D eigenvalue weighted by molar-refractivity contribution is 0.416. The highest BCUT2D eigenvalue weighted by molar-refractivity contribution is 6.30. The Kier molecular flexibility index (Phi) is 3.34. The molecule has 0 N–H and O–H groups in total. The smallest absolute Gasteiger partial charge is 0.131 e. The highest BCUT2D eigenvalue weighted by Crippen LogP contribution is 2.35. The molecule has 0 aliphatic carbocycles. The molecular formula is C14H12ClFO. The first-order chi connectivity index (χ1) is 8.13. The molecule has 2 aromatic carbocycles. The maximum Gasteiger partial charge on any atom is 0.131 e. The average Bonchev–Trinajstić information content (AvgIpc) is 2.30. The zero-order valence-corrected chi connectivity index (χ0v) is 10.4. The zero-order valence-electron chi connectivity index (χ0n) is 9.63. The van der Waals surface area contributed by atoms with Crippen molar-refractivity contribution in [2.24, 2.45) is 0 Å². The summed E-state index contributed by atoms with van der Waals surface area (Å²) in [5, 5.41) is 0.569. The van der Waals surface area contributed by atoms with E-state index >= 15 is 0 Å². The van der Waals surface area contributed by atoms with Gasteiger partial charge < -0.3 is 4.74 Å². The summed E-state index contributed by atoms with van der Waals surface area (Å²) >= 11 is 5.89. The van der Waals surface area contributed by atoms with Crippen LogP contribution in [0.2, 0.25) is 5.02 Å². The second-order valence-corrected chi connectivity index (χ2v) is 4.21. The Balaban J connectivity index is 2.68. The molecule has 1 nitrogen and oxygen atoms in total. The molecule has 0 aromatic heterocycles. The molecule has 0 saturated carbocycles. The SMILES string of the molecule is COc1cc(Cl)ccc1-c1c(C)cccc1F. The number of hydrogen-bond acceptors (Lipinski definition) is 1. The fraction of sp³-hybridized carbons (Fsp3) is 0.143. The van der Waals surface area contributed by atoms with Crippen molar-refractivity contribution in [3.05, 3.63) is 52.8 Å². The summed E-state index contributed by atoms with van der Waals surface area (Å²) in [5.74, 6) is 0.316. The predicted octanol–water partition coefficient (Wildman–Crippen LogP) is 4.46. The molecule has 0 bridgehead atoms. The molecule has 0 spiro atoms. The Morgan fingerprint density at radius 1 is 1.18 bits per heavy atom. The molecule has 3 heteroatoms. The number of halogens is 2. The van der Waals surface area contributed by atoms with Gasteiger partial charge in [0.2, 0.25) is 0 Å². The van der Waals surface area contributed by atoms with E-state index in [4.69, 9.17) is 16.3 Å². The quantitative estimate of drug-likeness (QED) is 0.765. The lowest BCUT2D eigenvalue weighted by Crippen LogP contribution is -1.93. The van der Waals surface area contributed by atoms with Gasteiger partial charge in [-0.2, -0.15) is 0 Å². The number of aryl methyl sites for hydroxylation is 1. The van der Waals surface area contributed by atoms with Gasteiger partial charge >= 0.3 is 0 Å². The van der Waals surface area contributed by atoms with Gasteiger partial charge in [0.05, 0.1) is 7.11 Å². The van der Waals surface area contributed by atoms with Crippen molar-refractivity contribution < 1.29 is 9.13 Å². The molecule has 0 radical (unpaired) electrons. The van der Waals surface area contributed by atoms with Crippen LogP contribution in [0.5, 0.6) is 5.75 Å². The van der Waals surface area contributed by atoms with Crippen molar-refractivity contribution in [3.8, 4) is 16.9 Å². The first kappa shape index (κ1) is 11.9. The van der Waals surface area contributed by atoms with Crippen LogP contribution in [0, 0.1) is 12.7 Å². The van der Waals surface area contributed by atoms with Crippen molar-refractivity contribution in [2.75, 3.05) is 7.11 Å². The molecule has 0 aliphatic heterocycles. The molecule has 2 aromatic rings. The van der Waals surface area contributed by atoms with E-state index in [0.29, 0.717) is 21.9 Å². The number of ether oxygens (including phenoxy) is 1. The second-order valence-electron chi connectivity index (χ2n) is 3.78. The van der Waals surface area contributed by atoms with Crippen LogP contribution in [0.3, 0.4) is 0 Å². The largest absolute Gasteiger partial charge is 0.496 e. The summed E-state index contributed by atoms with van der Waals surface area (Å²) in [6, 6.07) is 10.2. The molecule has 0 saturated heterocycles. The highest BCUT2D eigenvalue weighted by Gasteiger charge is 2.13. The molecular weight excluding hydrogens is 239 g/mol. The van der Waals surface area contributed by atoms with E-state index in [0.717, 1.165) is 5.56 Å². The number of hydrogen-bond donors (Lipinski definition) is 0. The lowest BCUT2D eigenvalue weighted by atomic mass is 9.99. The zero-order chi connectivity index (χ0) is 12.4. The van der Waals surface area contributed by atoms with Crippen molar-refractivity contribution in [2.45, 2.75) is 6.92 Å². The van der Waals surface area contributed by atoms with Gasteiger partial charge in [-0.3, -0.25) is 0 Å². The van der Waals surface area contributed by atoms with Crippen LogP contribution in [0.15, 0.2) is 36.4 Å². The summed E-state index contributed by atoms with van der Waals surface area (Å²) in [6.45, 7) is 1.87. The third-order valence-electron chi connectivity index (χ3n) is 2.65. The average molecular weight is 251 g/mol. The number of rotatable bonds is 2. The van der Waals surface area contributed by atoms with E-state index < -0.39 is 0 Å². The Morgan fingerprint density at radius 3 is 2.59 bits per heavy atom. The minimum Gasteiger partial charge on any atom is -0.496 e. The van der Waals surface area contributed by atoms with E-state index in [1.165, 1.54) is 6.07 Å². The van der Waals surface area contributed by atoms with Crippen LogP contribution < -0.4 is 4.74 Å². The minimum absolute atomic E-state index is 0.259. The molecule has 0 amide bonds. The molecule has 17 heavy (non-hydrogen) atoms. The van der Waals surface area contributed by atoms with Gasteiger partial charge in [0.15, 0.2) is 0 Å². The maximum absolute atomic E-state index is 13.9.